The van der Waals surface area contributed by atoms with Crippen LogP contribution in [0.2, 0.25) is 0 Å². The molecule has 0 spiro atoms. The van der Waals surface area contributed by atoms with Crippen molar-refractivity contribution in [3.05, 3.63) is 143 Å². The number of carbonyl (C=O) groups is 3. The van der Waals surface area contributed by atoms with E-state index in [1.165, 1.54) is 65.2 Å². The number of halogens is 2. The van der Waals surface area contributed by atoms with Crippen LogP contribution in [0.15, 0.2) is 109 Å². The molecule has 0 aromatic heterocycles. The van der Waals surface area contributed by atoms with Crippen LogP contribution >= 0.6 is 11.8 Å². The first-order valence-corrected chi connectivity index (χ1v) is 15.0. The monoisotopic (exact) mass is 598 g/mol. The Morgan fingerprint density at radius 1 is 0.674 bits per heavy atom. The first-order valence-electron chi connectivity index (χ1n) is 13.9. The number of amides is 2. The smallest absolute Gasteiger partial charge is 0.329 e. The Labute approximate surface area is 251 Å². The molecule has 2 fully saturated rings. The van der Waals surface area contributed by atoms with Gasteiger partial charge in [0.25, 0.3) is 0 Å². The highest BCUT2D eigenvalue weighted by Crippen LogP contribution is 2.43. The number of rotatable bonds is 7. The zero-order valence-corrected chi connectivity index (χ0v) is 23.7. The molecule has 0 saturated carbocycles. The Morgan fingerprint density at radius 3 is 1.58 bits per heavy atom. The van der Waals surface area contributed by atoms with Gasteiger partial charge in [-0.15, -0.1) is 11.8 Å². The summed E-state index contributed by atoms with van der Waals surface area (Å²) in [6.45, 7) is 0.0141. The SMILES string of the molecule is O=C(O)[C@@H]1[C@H]2SC[C@@H](CN1C(=O)C(c1ccc(F)cc1)c1ccc(F)cc1)N2C(=O)C(c1ccccc1)c1ccccc1. The Morgan fingerprint density at radius 2 is 1.12 bits per heavy atom. The standard InChI is InChI=1S/C34H28F2N2O4S/c35-25-15-11-23(12-16-25)28(24-13-17-26(36)18-14-24)31(39)37-19-27-20-43-33(30(37)34(41)42)38(27)32(40)29(21-7-3-1-4-8-21)22-9-5-2-6-10-22/h1-18,27-30,33H,19-20H2,(H,41,42)/t27-,30+,33-/m1/s1. The number of benzene rings is 4. The van der Waals surface area contributed by atoms with Crippen molar-refractivity contribution in [3.63, 3.8) is 0 Å². The van der Waals surface area contributed by atoms with Gasteiger partial charge >= 0.3 is 5.97 Å². The molecule has 6 rings (SSSR count). The molecule has 4 aromatic carbocycles. The van der Waals surface area contributed by atoms with Crippen LogP contribution < -0.4 is 0 Å². The molecule has 6 nitrogen and oxygen atoms in total. The minimum Gasteiger partial charge on any atom is -0.480 e. The maximum Gasteiger partial charge on any atom is 0.329 e. The van der Waals surface area contributed by atoms with Crippen molar-refractivity contribution in [3.8, 4) is 0 Å². The Bertz CT molecular complexity index is 1540. The van der Waals surface area contributed by atoms with Gasteiger partial charge < -0.3 is 14.9 Å². The topological polar surface area (TPSA) is 77.9 Å². The third-order valence-corrected chi connectivity index (χ3v) is 9.50. The summed E-state index contributed by atoms with van der Waals surface area (Å²) in [5, 5.41) is 9.69. The largest absolute Gasteiger partial charge is 0.480 e. The average molecular weight is 599 g/mol. The Kier molecular flexibility index (Phi) is 7.99. The number of carboxylic acids is 1. The molecular weight excluding hydrogens is 570 g/mol. The minimum absolute atomic E-state index is 0.0141. The van der Waals surface area contributed by atoms with Gasteiger partial charge in [0.2, 0.25) is 11.8 Å². The molecule has 0 radical (unpaired) electrons. The van der Waals surface area contributed by atoms with Crippen LogP contribution in [0.3, 0.4) is 0 Å². The summed E-state index contributed by atoms with van der Waals surface area (Å²) in [5.41, 5.74) is 2.49. The van der Waals surface area contributed by atoms with Gasteiger partial charge in [-0.05, 0) is 46.5 Å². The van der Waals surface area contributed by atoms with E-state index >= 15 is 0 Å². The van der Waals surface area contributed by atoms with Crippen LogP contribution in [-0.4, -0.2) is 62.4 Å². The second kappa shape index (κ2) is 12.0. The van der Waals surface area contributed by atoms with Crippen molar-refractivity contribution in [2.45, 2.75) is 29.3 Å². The van der Waals surface area contributed by atoms with Crippen LogP contribution in [0.5, 0.6) is 0 Å². The van der Waals surface area contributed by atoms with E-state index in [2.05, 4.69) is 0 Å². The molecule has 2 aliphatic heterocycles. The zero-order chi connectivity index (χ0) is 30.1. The second-order valence-electron chi connectivity index (χ2n) is 10.7. The molecule has 9 heteroatoms. The number of piperazine rings is 1. The normalized spacial score (nSPS) is 19.6. The van der Waals surface area contributed by atoms with Crippen LogP contribution in [0, 0.1) is 11.6 Å². The van der Waals surface area contributed by atoms with E-state index < -0.39 is 52.8 Å². The highest BCUT2D eigenvalue weighted by Gasteiger charge is 2.55. The summed E-state index contributed by atoms with van der Waals surface area (Å²) in [7, 11) is 0. The van der Waals surface area contributed by atoms with E-state index in [0.717, 1.165) is 11.1 Å². The van der Waals surface area contributed by atoms with Gasteiger partial charge in [-0.3, -0.25) is 9.59 Å². The van der Waals surface area contributed by atoms with Crippen LogP contribution in [0.25, 0.3) is 0 Å². The lowest BCUT2D eigenvalue weighted by atomic mass is 9.87. The minimum atomic E-state index is -1.32. The Hall–Kier alpha value is -4.50. The average Bonchev–Trinajstić information content (AvgIpc) is 3.32. The van der Waals surface area contributed by atoms with E-state index in [9.17, 15) is 28.3 Å². The van der Waals surface area contributed by atoms with E-state index in [4.69, 9.17) is 0 Å². The van der Waals surface area contributed by atoms with Gasteiger partial charge in [0.05, 0.1) is 17.9 Å². The molecule has 2 aliphatic rings. The van der Waals surface area contributed by atoms with Gasteiger partial charge in [0, 0.05) is 12.3 Å². The number of carboxylic acid groups (broad SMARTS) is 1. The summed E-state index contributed by atoms with van der Waals surface area (Å²) in [5.74, 6) is -4.07. The van der Waals surface area contributed by atoms with Crippen molar-refractivity contribution < 1.29 is 28.3 Å². The number of hydrogen-bond acceptors (Lipinski definition) is 4. The zero-order valence-electron chi connectivity index (χ0n) is 22.9. The maximum atomic E-state index is 14.4. The Balaban J connectivity index is 1.37. The van der Waals surface area contributed by atoms with Crippen LogP contribution in [0.4, 0.5) is 8.78 Å². The van der Waals surface area contributed by atoms with Crippen molar-refractivity contribution in [2.24, 2.45) is 0 Å². The molecule has 43 heavy (non-hydrogen) atoms. The molecular formula is C34H28F2N2O4S. The summed E-state index contributed by atoms with van der Waals surface area (Å²) >= 11 is 1.35. The third-order valence-electron chi connectivity index (χ3n) is 8.10. The number of carbonyl (C=O) groups excluding carboxylic acids is 2. The summed E-state index contributed by atoms with van der Waals surface area (Å²) in [6.07, 6.45) is 0. The van der Waals surface area contributed by atoms with Crippen molar-refractivity contribution in [1.82, 2.24) is 9.80 Å². The van der Waals surface area contributed by atoms with E-state index in [0.29, 0.717) is 16.9 Å². The number of nitrogens with zero attached hydrogens (tertiary/aromatic N) is 2. The van der Waals surface area contributed by atoms with Gasteiger partial charge in [0.1, 0.15) is 17.0 Å². The molecule has 0 aliphatic carbocycles. The molecule has 218 valence electrons. The third kappa shape index (κ3) is 5.52. The highest BCUT2D eigenvalue weighted by molar-refractivity contribution is 8.00. The fraction of sp³-hybridized carbons (Fsp3) is 0.206. The fourth-order valence-corrected chi connectivity index (χ4v) is 7.68. The lowest BCUT2D eigenvalue weighted by Crippen LogP contribution is -2.65. The first kappa shape index (κ1) is 28.6. The second-order valence-corrected chi connectivity index (χ2v) is 11.8. The number of aliphatic carboxylic acids is 1. The summed E-state index contributed by atoms with van der Waals surface area (Å²) in [6, 6.07) is 27.8. The molecule has 2 saturated heterocycles. The van der Waals surface area contributed by atoms with Crippen LogP contribution in [0.1, 0.15) is 34.1 Å². The van der Waals surface area contributed by atoms with Crippen LogP contribution in [-0.2, 0) is 14.4 Å². The summed E-state index contributed by atoms with van der Waals surface area (Å²) < 4.78 is 27.6. The first-order chi connectivity index (χ1) is 20.8. The fourth-order valence-electron chi connectivity index (χ4n) is 6.12. The number of fused-ring (bicyclic) bond motifs is 2. The quantitative estimate of drug-likeness (QED) is 0.304. The molecule has 2 bridgehead atoms. The molecule has 0 unspecified atom stereocenters. The lowest BCUT2D eigenvalue weighted by molar-refractivity contribution is -0.159. The van der Waals surface area contributed by atoms with Crippen molar-refractivity contribution in [2.75, 3.05) is 12.3 Å². The molecule has 1 N–H and O–H groups in total. The summed E-state index contributed by atoms with van der Waals surface area (Å²) in [4.78, 5) is 44.6. The predicted molar refractivity (Wildman–Crippen MR) is 159 cm³/mol. The number of thioether (sulfide) groups is 1. The molecule has 3 atom stereocenters. The van der Waals surface area contributed by atoms with Gasteiger partial charge in [-0.2, -0.15) is 0 Å². The molecule has 2 amide bonds. The maximum absolute atomic E-state index is 14.4. The van der Waals surface area contributed by atoms with E-state index in [-0.39, 0.29) is 12.5 Å². The van der Waals surface area contributed by atoms with Gasteiger partial charge in [-0.1, -0.05) is 84.9 Å². The van der Waals surface area contributed by atoms with E-state index in [1.807, 2.05) is 60.7 Å². The van der Waals surface area contributed by atoms with Crippen molar-refractivity contribution >= 4 is 29.5 Å². The highest BCUT2D eigenvalue weighted by atomic mass is 32.2. The lowest BCUT2D eigenvalue weighted by Gasteiger charge is -2.46. The van der Waals surface area contributed by atoms with Gasteiger partial charge in [0.15, 0.2) is 6.04 Å². The predicted octanol–water partition coefficient (Wildman–Crippen LogP) is 5.49. The van der Waals surface area contributed by atoms with E-state index in [1.54, 1.807) is 4.90 Å². The molecule has 4 aromatic rings. The molecule has 2 heterocycles. The van der Waals surface area contributed by atoms with Gasteiger partial charge in [-0.25, -0.2) is 13.6 Å². The van der Waals surface area contributed by atoms with Crippen molar-refractivity contribution in [1.29, 1.82) is 0 Å². The number of hydrogen-bond donors (Lipinski definition) is 1.